The lowest BCUT2D eigenvalue weighted by molar-refractivity contribution is 0.191. The molecule has 0 aliphatic carbocycles. The molecule has 0 saturated carbocycles. The minimum absolute atomic E-state index is 0.354. The van der Waals surface area contributed by atoms with Crippen molar-refractivity contribution in [3.63, 3.8) is 0 Å². The molecule has 1 rings (SSSR count). The fraction of sp³-hybridized carbons (Fsp3) is 0.769. The predicted octanol–water partition coefficient (Wildman–Crippen LogP) is 3.08. The van der Waals surface area contributed by atoms with Gasteiger partial charge in [0, 0.05) is 18.5 Å². The minimum Gasteiger partial charge on any atom is -0.383 e. The number of nitrogens with one attached hydrogen (secondary N) is 1. The van der Waals surface area contributed by atoms with Crippen LogP contribution in [-0.2, 0) is 4.74 Å². The van der Waals surface area contributed by atoms with Gasteiger partial charge in [-0.25, -0.2) is 4.98 Å². The van der Waals surface area contributed by atoms with Gasteiger partial charge in [-0.1, -0.05) is 20.3 Å². The van der Waals surface area contributed by atoms with Crippen molar-refractivity contribution in [2.24, 2.45) is 5.92 Å². The number of hydrogen-bond acceptors (Lipinski definition) is 4. The first kappa shape index (κ1) is 14.6. The number of hydrogen-bond donors (Lipinski definition) is 1. The molecule has 17 heavy (non-hydrogen) atoms. The topological polar surface area (TPSA) is 34.1 Å². The predicted molar refractivity (Wildman–Crippen MR) is 73.7 cm³/mol. The van der Waals surface area contributed by atoms with Crippen molar-refractivity contribution in [1.82, 2.24) is 10.3 Å². The first-order valence-corrected chi connectivity index (χ1v) is 7.08. The van der Waals surface area contributed by atoms with Crippen LogP contribution in [0.5, 0.6) is 0 Å². The van der Waals surface area contributed by atoms with Gasteiger partial charge < -0.3 is 10.1 Å². The Morgan fingerprint density at radius 2 is 2.12 bits per heavy atom. The molecular weight excluding hydrogens is 232 g/mol. The third-order valence-electron chi connectivity index (χ3n) is 3.19. The normalized spacial score (nSPS) is 14.9. The molecule has 1 aromatic heterocycles. The fourth-order valence-electron chi connectivity index (χ4n) is 1.71. The van der Waals surface area contributed by atoms with E-state index in [1.54, 1.807) is 7.11 Å². The summed E-state index contributed by atoms with van der Waals surface area (Å²) in [5.74, 6) is 0.594. The van der Waals surface area contributed by atoms with Crippen molar-refractivity contribution < 1.29 is 4.74 Å². The number of ether oxygens (including phenoxy) is 1. The molecular formula is C13H24N2OS. The zero-order chi connectivity index (χ0) is 12.8. The van der Waals surface area contributed by atoms with E-state index in [0.29, 0.717) is 12.0 Å². The van der Waals surface area contributed by atoms with E-state index in [0.717, 1.165) is 25.3 Å². The van der Waals surface area contributed by atoms with Crippen LogP contribution in [0.1, 0.15) is 41.9 Å². The van der Waals surface area contributed by atoms with Crippen LogP contribution in [-0.4, -0.2) is 25.2 Å². The quantitative estimate of drug-likeness (QED) is 0.761. The summed E-state index contributed by atoms with van der Waals surface area (Å²) in [5, 5.41) is 4.76. The molecule has 3 nitrogen and oxygen atoms in total. The van der Waals surface area contributed by atoms with Gasteiger partial charge >= 0.3 is 0 Å². The highest BCUT2D eigenvalue weighted by molar-refractivity contribution is 7.11. The zero-order valence-corrected chi connectivity index (χ0v) is 12.4. The number of aryl methyl sites for hydroxylation is 2. The van der Waals surface area contributed by atoms with E-state index in [4.69, 9.17) is 4.74 Å². The smallest absolute Gasteiger partial charge is 0.110 e. The molecule has 98 valence electrons. The maximum atomic E-state index is 5.09. The number of aromatic nitrogens is 1. The Bertz CT molecular complexity index is 319. The lowest BCUT2D eigenvalue weighted by Gasteiger charge is -2.22. The first-order chi connectivity index (χ1) is 8.10. The Balaban J connectivity index is 2.74. The SMILES string of the molecule is CCC(C)C(NCCOC)c1nc(C)c(C)s1. The molecule has 2 atom stereocenters. The van der Waals surface area contributed by atoms with Crippen LogP contribution in [0.15, 0.2) is 0 Å². The van der Waals surface area contributed by atoms with Gasteiger partial charge in [0.15, 0.2) is 0 Å². The fourth-order valence-corrected chi connectivity index (χ4v) is 2.85. The van der Waals surface area contributed by atoms with E-state index in [1.165, 1.54) is 9.88 Å². The monoisotopic (exact) mass is 256 g/mol. The highest BCUT2D eigenvalue weighted by atomic mass is 32.1. The second kappa shape index (κ2) is 7.09. The van der Waals surface area contributed by atoms with Crippen LogP contribution < -0.4 is 5.32 Å². The maximum absolute atomic E-state index is 5.09. The summed E-state index contributed by atoms with van der Waals surface area (Å²) < 4.78 is 5.09. The standard InChI is InChI=1S/C13H24N2OS/c1-6-9(2)12(14-7-8-16-5)13-15-10(3)11(4)17-13/h9,12,14H,6-8H2,1-5H3. The average molecular weight is 256 g/mol. The Kier molecular flexibility index (Phi) is 6.09. The molecule has 0 fully saturated rings. The van der Waals surface area contributed by atoms with Crippen molar-refractivity contribution >= 4 is 11.3 Å². The van der Waals surface area contributed by atoms with Gasteiger partial charge in [0.05, 0.1) is 18.3 Å². The molecule has 0 aliphatic rings. The molecule has 0 bridgehead atoms. The van der Waals surface area contributed by atoms with Gasteiger partial charge in [-0.05, 0) is 19.8 Å². The lowest BCUT2D eigenvalue weighted by atomic mass is 10.00. The molecule has 4 heteroatoms. The van der Waals surface area contributed by atoms with E-state index >= 15 is 0 Å². The summed E-state index contributed by atoms with van der Waals surface area (Å²) in [6, 6.07) is 0.354. The Labute approximate surface area is 109 Å². The van der Waals surface area contributed by atoms with Crippen molar-refractivity contribution in [2.45, 2.75) is 40.2 Å². The molecule has 0 aliphatic heterocycles. The maximum Gasteiger partial charge on any atom is 0.110 e. The summed E-state index contributed by atoms with van der Waals surface area (Å²) in [6.45, 7) is 10.3. The van der Waals surface area contributed by atoms with Crippen LogP contribution in [0.4, 0.5) is 0 Å². The van der Waals surface area contributed by atoms with Gasteiger partial charge in [0.1, 0.15) is 5.01 Å². The van der Waals surface area contributed by atoms with Crippen molar-refractivity contribution in [3.8, 4) is 0 Å². The third kappa shape index (κ3) is 4.05. The van der Waals surface area contributed by atoms with Gasteiger partial charge in [-0.15, -0.1) is 11.3 Å². The van der Waals surface area contributed by atoms with E-state index < -0.39 is 0 Å². The Morgan fingerprint density at radius 3 is 2.59 bits per heavy atom. The second-order valence-corrected chi connectivity index (χ2v) is 5.74. The summed E-state index contributed by atoms with van der Waals surface area (Å²) in [5.41, 5.74) is 1.16. The van der Waals surface area contributed by atoms with Crippen molar-refractivity contribution in [1.29, 1.82) is 0 Å². The number of thiazole rings is 1. The highest BCUT2D eigenvalue weighted by Gasteiger charge is 2.21. The van der Waals surface area contributed by atoms with Crippen LogP contribution in [0.2, 0.25) is 0 Å². The largest absolute Gasteiger partial charge is 0.383 e. The molecule has 1 heterocycles. The highest BCUT2D eigenvalue weighted by Crippen LogP contribution is 2.29. The molecule has 2 unspecified atom stereocenters. The molecule has 0 radical (unpaired) electrons. The van der Waals surface area contributed by atoms with Gasteiger partial charge in [0.2, 0.25) is 0 Å². The summed E-state index contributed by atoms with van der Waals surface area (Å²) in [6.07, 6.45) is 1.16. The van der Waals surface area contributed by atoms with E-state index in [9.17, 15) is 0 Å². The summed E-state index contributed by atoms with van der Waals surface area (Å²) >= 11 is 1.81. The average Bonchev–Trinajstić information content (AvgIpc) is 2.64. The number of methoxy groups -OCH3 is 1. The van der Waals surface area contributed by atoms with Gasteiger partial charge in [-0.2, -0.15) is 0 Å². The van der Waals surface area contributed by atoms with Gasteiger partial charge in [-0.3, -0.25) is 0 Å². The first-order valence-electron chi connectivity index (χ1n) is 6.26. The van der Waals surface area contributed by atoms with E-state index in [1.807, 2.05) is 11.3 Å². The van der Waals surface area contributed by atoms with E-state index in [2.05, 4.69) is 38.0 Å². The summed E-state index contributed by atoms with van der Waals surface area (Å²) in [7, 11) is 1.73. The zero-order valence-electron chi connectivity index (χ0n) is 11.5. The van der Waals surface area contributed by atoms with Crippen molar-refractivity contribution in [3.05, 3.63) is 15.6 Å². The molecule has 0 spiro atoms. The summed E-state index contributed by atoms with van der Waals surface area (Å²) in [4.78, 5) is 5.99. The molecule has 0 aromatic carbocycles. The van der Waals surface area contributed by atoms with Crippen molar-refractivity contribution in [2.75, 3.05) is 20.3 Å². The lowest BCUT2D eigenvalue weighted by Crippen LogP contribution is -2.29. The van der Waals surface area contributed by atoms with Crippen LogP contribution in [0, 0.1) is 19.8 Å². The minimum atomic E-state index is 0.354. The second-order valence-electron chi connectivity index (χ2n) is 4.50. The third-order valence-corrected chi connectivity index (χ3v) is 4.35. The Hall–Kier alpha value is -0.450. The molecule has 0 amide bonds. The van der Waals surface area contributed by atoms with E-state index in [-0.39, 0.29) is 0 Å². The van der Waals surface area contributed by atoms with Crippen LogP contribution in [0.25, 0.3) is 0 Å². The van der Waals surface area contributed by atoms with Crippen LogP contribution >= 0.6 is 11.3 Å². The molecule has 1 aromatic rings. The number of rotatable bonds is 7. The van der Waals surface area contributed by atoms with Crippen LogP contribution in [0.3, 0.4) is 0 Å². The number of nitrogens with zero attached hydrogens (tertiary/aromatic N) is 1. The Morgan fingerprint density at radius 1 is 1.41 bits per heavy atom. The van der Waals surface area contributed by atoms with Gasteiger partial charge in [0.25, 0.3) is 0 Å². The molecule has 0 saturated heterocycles. The molecule has 1 N–H and O–H groups in total.